The number of nitrogens with one attached hydrogen (secondary N) is 1. The van der Waals surface area contributed by atoms with Gasteiger partial charge in [0.2, 0.25) is 5.91 Å². The normalized spacial score (nSPS) is 10.7. The number of halogens is 1. The van der Waals surface area contributed by atoms with Crippen molar-refractivity contribution in [2.24, 2.45) is 0 Å². The Hall–Kier alpha value is -2.15. The summed E-state index contributed by atoms with van der Waals surface area (Å²) in [6.45, 7) is 4.10. The molecule has 0 radical (unpaired) electrons. The Kier molecular flexibility index (Phi) is 6.14. The topological polar surface area (TPSA) is 66.1 Å². The summed E-state index contributed by atoms with van der Waals surface area (Å²) < 4.78 is 13.0. The van der Waals surface area contributed by atoms with Crippen LogP contribution in [0.2, 0.25) is 0 Å². The van der Waals surface area contributed by atoms with Crippen LogP contribution in [-0.2, 0) is 11.2 Å². The van der Waals surface area contributed by atoms with Crippen molar-refractivity contribution in [2.45, 2.75) is 31.8 Å². The Morgan fingerprint density at radius 2 is 2.00 bits per heavy atom. The average molecular weight is 349 g/mol. The number of aromatic amines is 1. The van der Waals surface area contributed by atoms with Gasteiger partial charge in [0.25, 0.3) is 5.56 Å². The van der Waals surface area contributed by atoms with Crippen molar-refractivity contribution in [2.75, 3.05) is 17.7 Å². The first kappa shape index (κ1) is 18.2. The van der Waals surface area contributed by atoms with Crippen molar-refractivity contribution >= 4 is 23.4 Å². The molecule has 2 aromatic rings. The Bertz CT molecular complexity index is 774. The maximum absolute atomic E-state index is 13.0. The van der Waals surface area contributed by atoms with Gasteiger partial charge in [0, 0.05) is 29.9 Å². The van der Waals surface area contributed by atoms with Crippen molar-refractivity contribution < 1.29 is 9.18 Å². The lowest BCUT2D eigenvalue weighted by Gasteiger charge is -2.21. The zero-order valence-corrected chi connectivity index (χ0v) is 14.7. The summed E-state index contributed by atoms with van der Waals surface area (Å²) in [7, 11) is 0. The number of carbonyl (C=O) groups is 1. The largest absolute Gasteiger partial charge is 0.313 e. The van der Waals surface area contributed by atoms with Gasteiger partial charge in [-0.3, -0.25) is 9.59 Å². The first-order valence-electron chi connectivity index (χ1n) is 7.66. The second kappa shape index (κ2) is 8.10. The molecule has 0 saturated carbocycles. The molecule has 7 heteroatoms. The van der Waals surface area contributed by atoms with Crippen LogP contribution in [-0.4, -0.2) is 28.7 Å². The van der Waals surface area contributed by atoms with Gasteiger partial charge >= 0.3 is 0 Å². The number of hydrogen-bond donors (Lipinski definition) is 1. The third-order valence-electron chi connectivity index (χ3n) is 3.74. The highest BCUT2D eigenvalue weighted by Gasteiger charge is 2.16. The van der Waals surface area contributed by atoms with Crippen LogP contribution in [0.25, 0.3) is 0 Å². The molecule has 0 aliphatic heterocycles. The molecule has 5 nitrogen and oxygen atoms in total. The van der Waals surface area contributed by atoms with Gasteiger partial charge in [0.05, 0.1) is 0 Å². The molecule has 1 amide bonds. The minimum atomic E-state index is -0.343. The molecule has 1 aromatic heterocycles. The second-order valence-corrected chi connectivity index (χ2v) is 6.05. The summed E-state index contributed by atoms with van der Waals surface area (Å²) in [5.41, 5.74) is 1.60. The lowest BCUT2D eigenvalue weighted by Crippen LogP contribution is -2.31. The van der Waals surface area contributed by atoms with E-state index in [-0.39, 0.29) is 23.7 Å². The van der Waals surface area contributed by atoms with Crippen molar-refractivity contribution in [1.82, 2.24) is 9.97 Å². The van der Waals surface area contributed by atoms with Crippen LogP contribution in [0, 0.1) is 12.7 Å². The van der Waals surface area contributed by atoms with Crippen LogP contribution in [0.1, 0.15) is 24.6 Å². The zero-order valence-electron chi connectivity index (χ0n) is 13.9. The molecule has 0 spiro atoms. The van der Waals surface area contributed by atoms with Gasteiger partial charge in [0.1, 0.15) is 5.82 Å². The third kappa shape index (κ3) is 4.23. The van der Waals surface area contributed by atoms with Crippen LogP contribution in [0.15, 0.2) is 34.2 Å². The summed E-state index contributed by atoms with van der Waals surface area (Å²) in [6.07, 6.45) is 2.34. The van der Waals surface area contributed by atoms with Crippen LogP contribution < -0.4 is 10.5 Å². The van der Waals surface area contributed by atoms with E-state index >= 15 is 0 Å². The van der Waals surface area contributed by atoms with Crippen LogP contribution in [0.4, 0.5) is 10.1 Å². The Morgan fingerprint density at radius 3 is 2.54 bits per heavy atom. The Balaban J connectivity index is 2.12. The predicted molar refractivity (Wildman–Crippen MR) is 94.1 cm³/mol. The number of carbonyl (C=O) groups excluding carboxylic acids is 1. The molecule has 0 aliphatic carbocycles. The van der Waals surface area contributed by atoms with Crippen LogP contribution in [0.5, 0.6) is 0 Å². The SMILES string of the molecule is CCN(C(=O)CCc1c(C)nc(SC)[nH]c1=O)c1ccc(F)cc1. The summed E-state index contributed by atoms with van der Waals surface area (Å²) >= 11 is 1.36. The first-order chi connectivity index (χ1) is 11.5. The fourth-order valence-corrected chi connectivity index (χ4v) is 2.89. The van der Waals surface area contributed by atoms with Gasteiger partial charge in [0.15, 0.2) is 5.16 Å². The molecule has 1 aromatic carbocycles. The van der Waals surface area contributed by atoms with E-state index in [2.05, 4.69) is 9.97 Å². The number of H-pyrrole nitrogens is 1. The number of benzene rings is 1. The van der Waals surface area contributed by atoms with E-state index in [0.29, 0.717) is 35.1 Å². The molecular formula is C17H20FN3O2S. The molecule has 24 heavy (non-hydrogen) atoms. The molecule has 128 valence electrons. The maximum atomic E-state index is 13.0. The van der Waals surface area contributed by atoms with Gasteiger partial charge in [-0.15, -0.1) is 0 Å². The van der Waals surface area contributed by atoms with Gasteiger partial charge in [-0.25, -0.2) is 9.37 Å². The molecule has 1 N–H and O–H groups in total. The molecule has 0 fully saturated rings. The number of anilines is 1. The first-order valence-corrected chi connectivity index (χ1v) is 8.88. The minimum absolute atomic E-state index is 0.114. The second-order valence-electron chi connectivity index (χ2n) is 5.25. The van der Waals surface area contributed by atoms with Crippen LogP contribution >= 0.6 is 11.8 Å². The number of amides is 1. The standard InChI is InChI=1S/C17H20FN3O2S/c1-4-21(13-7-5-12(18)6-8-13)15(22)10-9-14-11(2)19-17(24-3)20-16(14)23/h5-8H,4,9-10H2,1-3H3,(H,19,20,23). The monoisotopic (exact) mass is 349 g/mol. The van der Waals surface area contributed by atoms with Crippen molar-refractivity contribution in [3.05, 3.63) is 51.7 Å². The van der Waals surface area contributed by atoms with E-state index in [1.165, 1.54) is 23.9 Å². The highest BCUT2D eigenvalue weighted by atomic mass is 32.2. The number of nitrogens with zero attached hydrogens (tertiary/aromatic N) is 2. The van der Waals surface area contributed by atoms with E-state index in [1.54, 1.807) is 24.0 Å². The van der Waals surface area contributed by atoms with Gasteiger partial charge < -0.3 is 9.88 Å². The van der Waals surface area contributed by atoms with Crippen molar-refractivity contribution in [3.63, 3.8) is 0 Å². The van der Waals surface area contributed by atoms with Gasteiger partial charge in [-0.2, -0.15) is 0 Å². The van der Waals surface area contributed by atoms with E-state index in [0.717, 1.165) is 0 Å². The molecule has 2 rings (SSSR count). The Morgan fingerprint density at radius 1 is 1.33 bits per heavy atom. The van der Waals surface area contributed by atoms with E-state index in [1.807, 2.05) is 13.2 Å². The van der Waals surface area contributed by atoms with E-state index in [4.69, 9.17) is 0 Å². The summed E-state index contributed by atoms with van der Waals surface area (Å²) in [6, 6.07) is 5.80. The minimum Gasteiger partial charge on any atom is -0.313 e. The third-order valence-corrected chi connectivity index (χ3v) is 4.32. The molecule has 0 atom stereocenters. The molecule has 0 saturated heterocycles. The molecule has 0 unspecified atom stereocenters. The number of rotatable bonds is 6. The quantitative estimate of drug-likeness (QED) is 0.643. The number of hydrogen-bond acceptors (Lipinski definition) is 4. The average Bonchev–Trinajstić information content (AvgIpc) is 2.56. The summed E-state index contributed by atoms with van der Waals surface area (Å²) in [5.74, 6) is -0.457. The summed E-state index contributed by atoms with van der Waals surface area (Å²) in [5, 5.41) is 0.564. The zero-order chi connectivity index (χ0) is 17.7. The van der Waals surface area contributed by atoms with Crippen molar-refractivity contribution in [3.8, 4) is 0 Å². The van der Waals surface area contributed by atoms with Gasteiger partial charge in [-0.1, -0.05) is 11.8 Å². The number of aryl methyl sites for hydroxylation is 1. The fraction of sp³-hybridized carbons (Fsp3) is 0.353. The highest BCUT2D eigenvalue weighted by molar-refractivity contribution is 7.98. The van der Waals surface area contributed by atoms with E-state index in [9.17, 15) is 14.0 Å². The van der Waals surface area contributed by atoms with E-state index < -0.39 is 0 Å². The molecule has 0 aliphatic rings. The van der Waals surface area contributed by atoms with Crippen LogP contribution in [0.3, 0.4) is 0 Å². The maximum Gasteiger partial charge on any atom is 0.254 e. The molecular weight excluding hydrogens is 329 g/mol. The lowest BCUT2D eigenvalue weighted by molar-refractivity contribution is -0.118. The predicted octanol–water partition coefficient (Wildman–Crippen LogP) is 2.93. The summed E-state index contributed by atoms with van der Waals surface area (Å²) in [4.78, 5) is 33.2. The lowest BCUT2D eigenvalue weighted by atomic mass is 10.1. The number of thioether (sulfide) groups is 1. The molecule has 0 bridgehead atoms. The smallest absolute Gasteiger partial charge is 0.254 e. The van der Waals surface area contributed by atoms with Crippen molar-refractivity contribution in [1.29, 1.82) is 0 Å². The molecule has 1 heterocycles. The number of aromatic nitrogens is 2. The Labute approximate surface area is 144 Å². The highest BCUT2D eigenvalue weighted by Crippen LogP contribution is 2.17. The fourth-order valence-electron chi connectivity index (χ4n) is 2.47. The van der Waals surface area contributed by atoms with Gasteiger partial charge in [-0.05, 0) is 50.8 Å².